The van der Waals surface area contributed by atoms with Crippen LogP contribution < -0.4 is 5.32 Å². The van der Waals surface area contributed by atoms with Gasteiger partial charge in [0.05, 0.1) is 0 Å². The van der Waals surface area contributed by atoms with E-state index in [1.807, 2.05) is 13.8 Å². The topological polar surface area (TPSA) is 95.6 Å². The molecular weight excluding hydrogens is 282 g/mol. The minimum atomic E-state index is -0.110. The summed E-state index contributed by atoms with van der Waals surface area (Å²) < 4.78 is 1.68. The van der Waals surface area contributed by atoms with Gasteiger partial charge in [-0.15, -0.1) is 0 Å². The summed E-state index contributed by atoms with van der Waals surface area (Å²) in [5.74, 6) is 1.21. The van der Waals surface area contributed by atoms with Crippen molar-refractivity contribution in [1.29, 1.82) is 0 Å². The number of aryl methyl sites for hydroxylation is 1. The number of rotatable bonds is 4. The molecule has 114 valence electrons. The number of fused-ring (bicyclic) bond motifs is 1. The Balaban J connectivity index is 1.78. The molecule has 0 spiro atoms. The minimum Gasteiger partial charge on any atom is -0.504 e. The molecule has 0 amide bonds. The molecule has 0 fully saturated rings. The number of anilines is 1. The van der Waals surface area contributed by atoms with E-state index in [1.54, 1.807) is 16.6 Å². The third kappa shape index (κ3) is 2.52. The number of aromatic hydroxyl groups is 2. The molecule has 2 aromatic heterocycles. The number of phenolic OH excluding ortho intramolecular Hbond substituents is 2. The maximum absolute atomic E-state index is 9.51. The molecule has 0 unspecified atom stereocenters. The standard InChI is InChI=1S/C15H17N5O2/c1-9-10(2)19-15-17-8-18-20(15)14(9)16-6-5-11-3-4-12(21)13(22)7-11/h3-4,7-8,16,21-22H,5-6H2,1-2H3. The van der Waals surface area contributed by atoms with Gasteiger partial charge in [-0.1, -0.05) is 6.07 Å². The van der Waals surface area contributed by atoms with Crippen LogP contribution in [0.25, 0.3) is 5.78 Å². The second kappa shape index (κ2) is 5.51. The normalized spacial score (nSPS) is 11.0. The third-order valence-corrected chi connectivity index (χ3v) is 3.65. The predicted molar refractivity (Wildman–Crippen MR) is 82.2 cm³/mol. The lowest BCUT2D eigenvalue weighted by Crippen LogP contribution is -2.12. The van der Waals surface area contributed by atoms with Gasteiger partial charge in [-0.25, -0.2) is 4.98 Å². The van der Waals surface area contributed by atoms with Gasteiger partial charge in [0.1, 0.15) is 12.1 Å². The Morgan fingerprint density at radius 1 is 1.18 bits per heavy atom. The van der Waals surface area contributed by atoms with E-state index in [-0.39, 0.29) is 11.5 Å². The van der Waals surface area contributed by atoms with Crippen molar-refractivity contribution >= 4 is 11.6 Å². The van der Waals surface area contributed by atoms with E-state index in [4.69, 9.17) is 0 Å². The lowest BCUT2D eigenvalue weighted by molar-refractivity contribution is 0.403. The van der Waals surface area contributed by atoms with E-state index in [0.29, 0.717) is 18.7 Å². The van der Waals surface area contributed by atoms with E-state index in [1.165, 1.54) is 12.4 Å². The van der Waals surface area contributed by atoms with Gasteiger partial charge in [-0.3, -0.25) is 0 Å². The second-order valence-electron chi connectivity index (χ2n) is 5.14. The largest absolute Gasteiger partial charge is 0.504 e. The zero-order valence-corrected chi connectivity index (χ0v) is 12.4. The van der Waals surface area contributed by atoms with Crippen molar-refractivity contribution in [3.05, 3.63) is 41.3 Å². The first-order valence-corrected chi connectivity index (χ1v) is 6.98. The Morgan fingerprint density at radius 2 is 2.00 bits per heavy atom. The number of benzene rings is 1. The highest BCUT2D eigenvalue weighted by molar-refractivity contribution is 5.52. The number of hydrogen-bond acceptors (Lipinski definition) is 6. The average molecular weight is 299 g/mol. The molecule has 0 bridgehead atoms. The molecule has 0 aliphatic heterocycles. The van der Waals surface area contributed by atoms with Crippen molar-refractivity contribution in [2.24, 2.45) is 0 Å². The first kappa shape index (κ1) is 14.1. The summed E-state index contributed by atoms with van der Waals surface area (Å²) in [6.45, 7) is 4.58. The van der Waals surface area contributed by atoms with Crippen LogP contribution in [0.1, 0.15) is 16.8 Å². The van der Waals surface area contributed by atoms with Crippen molar-refractivity contribution in [2.45, 2.75) is 20.3 Å². The lowest BCUT2D eigenvalue weighted by atomic mass is 10.1. The van der Waals surface area contributed by atoms with Gasteiger partial charge in [0.25, 0.3) is 5.78 Å². The van der Waals surface area contributed by atoms with Crippen molar-refractivity contribution in [3.63, 3.8) is 0 Å². The number of hydrogen-bond donors (Lipinski definition) is 3. The molecule has 1 aromatic carbocycles. The van der Waals surface area contributed by atoms with Crippen LogP contribution in [0.4, 0.5) is 5.82 Å². The minimum absolute atomic E-state index is 0.105. The molecule has 0 aliphatic rings. The number of nitrogens with one attached hydrogen (secondary N) is 1. The van der Waals surface area contributed by atoms with E-state index >= 15 is 0 Å². The van der Waals surface area contributed by atoms with Gasteiger partial charge in [0, 0.05) is 17.8 Å². The fourth-order valence-electron chi connectivity index (χ4n) is 2.29. The van der Waals surface area contributed by atoms with Crippen LogP contribution in [-0.4, -0.2) is 36.3 Å². The van der Waals surface area contributed by atoms with Gasteiger partial charge < -0.3 is 15.5 Å². The maximum atomic E-state index is 9.51. The van der Waals surface area contributed by atoms with Crippen LogP contribution in [0, 0.1) is 13.8 Å². The maximum Gasteiger partial charge on any atom is 0.254 e. The van der Waals surface area contributed by atoms with E-state index in [2.05, 4.69) is 20.4 Å². The summed E-state index contributed by atoms with van der Waals surface area (Å²) in [6.07, 6.45) is 2.18. The van der Waals surface area contributed by atoms with Gasteiger partial charge in [-0.2, -0.15) is 14.6 Å². The Kier molecular flexibility index (Phi) is 3.54. The van der Waals surface area contributed by atoms with Crippen molar-refractivity contribution in [1.82, 2.24) is 19.6 Å². The van der Waals surface area contributed by atoms with Gasteiger partial charge in [0.15, 0.2) is 11.5 Å². The van der Waals surface area contributed by atoms with Crippen LogP contribution in [-0.2, 0) is 6.42 Å². The van der Waals surface area contributed by atoms with Crippen molar-refractivity contribution < 1.29 is 10.2 Å². The van der Waals surface area contributed by atoms with Crippen LogP contribution >= 0.6 is 0 Å². The van der Waals surface area contributed by atoms with Crippen molar-refractivity contribution in [2.75, 3.05) is 11.9 Å². The van der Waals surface area contributed by atoms with E-state index in [9.17, 15) is 10.2 Å². The molecule has 7 heteroatoms. The monoisotopic (exact) mass is 299 g/mol. The number of nitrogens with zero attached hydrogens (tertiary/aromatic N) is 4. The van der Waals surface area contributed by atoms with Crippen LogP contribution in [0.15, 0.2) is 24.5 Å². The molecule has 22 heavy (non-hydrogen) atoms. The van der Waals surface area contributed by atoms with Crippen LogP contribution in [0.3, 0.4) is 0 Å². The molecular formula is C15H17N5O2. The summed E-state index contributed by atoms with van der Waals surface area (Å²) in [4.78, 5) is 8.48. The summed E-state index contributed by atoms with van der Waals surface area (Å²) in [6, 6.07) is 4.83. The Hall–Kier alpha value is -2.83. The fraction of sp³-hybridized carbons (Fsp3) is 0.267. The summed E-state index contributed by atoms with van der Waals surface area (Å²) in [5.41, 5.74) is 2.86. The molecule has 3 N–H and O–H groups in total. The molecule has 3 aromatic rings. The molecule has 0 saturated carbocycles. The first-order valence-electron chi connectivity index (χ1n) is 6.98. The number of phenols is 2. The smallest absolute Gasteiger partial charge is 0.254 e. The van der Waals surface area contributed by atoms with E-state index < -0.39 is 0 Å². The van der Waals surface area contributed by atoms with E-state index in [0.717, 1.165) is 22.6 Å². The molecule has 7 nitrogen and oxygen atoms in total. The summed E-state index contributed by atoms with van der Waals surface area (Å²) >= 11 is 0. The number of aromatic nitrogens is 4. The second-order valence-corrected chi connectivity index (χ2v) is 5.14. The fourth-order valence-corrected chi connectivity index (χ4v) is 2.29. The Labute approximate surface area is 127 Å². The van der Waals surface area contributed by atoms with Gasteiger partial charge in [-0.05, 0) is 38.0 Å². The summed E-state index contributed by atoms with van der Waals surface area (Å²) in [5, 5.41) is 26.3. The Morgan fingerprint density at radius 3 is 2.77 bits per heavy atom. The molecule has 0 saturated heterocycles. The average Bonchev–Trinajstić information content (AvgIpc) is 2.94. The quantitative estimate of drug-likeness (QED) is 0.636. The Bertz CT molecular complexity index is 828. The SMILES string of the molecule is Cc1nc2ncnn2c(NCCc2ccc(O)c(O)c2)c1C. The first-order chi connectivity index (χ1) is 10.6. The zero-order chi connectivity index (χ0) is 15.7. The lowest BCUT2D eigenvalue weighted by Gasteiger charge is -2.12. The molecule has 2 heterocycles. The van der Waals surface area contributed by atoms with Crippen LogP contribution in [0.5, 0.6) is 11.5 Å². The highest BCUT2D eigenvalue weighted by atomic mass is 16.3. The highest BCUT2D eigenvalue weighted by Gasteiger charge is 2.10. The third-order valence-electron chi connectivity index (χ3n) is 3.65. The predicted octanol–water partition coefficient (Wildman–Crippen LogP) is 1.81. The van der Waals surface area contributed by atoms with Crippen LogP contribution in [0.2, 0.25) is 0 Å². The van der Waals surface area contributed by atoms with Gasteiger partial charge in [0.2, 0.25) is 0 Å². The molecule has 0 radical (unpaired) electrons. The van der Waals surface area contributed by atoms with Gasteiger partial charge >= 0.3 is 0 Å². The summed E-state index contributed by atoms with van der Waals surface area (Å²) in [7, 11) is 0. The molecule has 0 atom stereocenters. The molecule has 0 aliphatic carbocycles. The highest BCUT2D eigenvalue weighted by Crippen LogP contribution is 2.25. The zero-order valence-electron chi connectivity index (χ0n) is 12.4. The van der Waals surface area contributed by atoms with Crippen molar-refractivity contribution in [3.8, 4) is 11.5 Å². The molecule has 3 rings (SSSR count).